The van der Waals surface area contributed by atoms with Crippen molar-refractivity contribution in [3.8, 4) is 0 Å². The Hall–Kier alpha value is -0.560. The summed E-state index contributed by atoms with van der Waals surface area (Å²) >= 11 is 0. The summed E-state index contributed by atoms with van der Waals surface area (Å²) in [6.07, 6.45) is -9.09. The Balaban J connectivity index is 3.05. The molecule has 0 aromatic carbocycles. The summed E-state index contributed by atoms with van der Waals surface area (Å²) in [5, 5.41) is 0. The maximum Gasteiger partial charge on any atom is 0.457 e. The summed E-state index contributed by atoms with van der Waals surface area (Å²) in [7, 11) is 0. The molecule has 1 atom stereocenters. The highest BCUT2D eigenvalue weighted by molar-refractivity contribution is 5.14. The minimum atomic E-state index is -6.30. The number of hydrogen-bond donors (Lipinski definition) is 0. The van der Waals surface area contributed by atoms with Crippen LogP contribution < -0.4 is 0 Å². The van der Waals surface area contributed by atoms with E-state index in [1.807, 2.05) is 0 Å². The lowest BCUT2D eigenvalue weighted by Gasteiger charge is -2.46. The van der Waals surface area contributed by atoms with Crippen LogP contribution in [-0.4, -0.2) is 23.7 Å². The number of alkyl halides is 8. The standard InChI is InChI=1S/C6H4F8/c7-3(1-2-4(3,8)9)5(10,11)6(12,13)14/h1-2H2. The molecule has 0 spiro atoms. The molecule has 0 heterocycles. The highest BCUT2D eigenvalue weighted by Crippen LogP contribution is 2.61. The zero-order valence-electron chi connectivity index (χ0n) is 6.44. The topological polar surface area (TPSA) is 0 Å². The monoisotopic (exact) mass is 228 g/mol. The zero-order chi connectivity index (χ0) is 11.4. The molecule has 1 unspecified atom stereocenters. The van der Waals surface area contributed by atoms with E-state index in [2.05, 4.69) is 0 Å². The molecule has 0 radical (unpaired) electrons. The fraction of sp³-hybridized carbons (Fsp3) is 1.00. The summed E-state index contributed by atoms with van der Waals surface area (Å²) in [4.78, 5) is 0. The summed E-state index contributed by atoms with van der Waals surface area (Å²) < 4.78 is 96.5. The van der Waals surface area contributed by atoms with Crippen molar-refractivity contribution < 1.29 is 35.1 Å². The fourth-order valence-corrected chi connectivity index (χ4v) is 1.14. The second-order valence-electron chi connectivity index (χ2n) is 3.08. The van der Waals surface area contributed by atoms with Crippen LogP contribution in [0.25, 0.3) is 0 Å². The van der Waals surface area contributed by atoms with Crippen LogP contribution in [0.15, 0.2) is 0 Å². The smallest absolute Gasteiger partial charge is 0.230 e. The minimum absolute atomic E-state index is 1.30. The van der Waals surface area contributed by atoms with Gasteiger partial charge in [-0.2, -0.15) is 22.0 Å². The van der Waals surface area contributed by atoms with E-state index < -0.39 is 36.5 Å². The van der Waals surface area contributed by atoms with E-state index in [1.165, 1.54) is 0 Å². The number of halogens is 8. The van der Waals surface area contributed by atoms with E-state index in [1.54, 1.807) is 0 Å². The minimum Gasteiger partial charge on any atom is -0.230 e. The second-order valence-corrected chi connectivity index (χ2v) is 3.08. The van der Waals surface area contributed by atoms with Crippen molar-refractivity contribution in [3.05, 3.63) is 0 Å². The van der Waals surface area contributed by atoms with E-state index in [0.717, 1.165) is 0 Å². The first-order valence-electron chi connectivity index (χ1n) is 3.47. The maximum absolute atomic E-state index is 12.7. The first kappa shape index (κ1) is 11.5. The lowest BCUT2D eigenvalue weighted by Crippen LogP contribution is -2.69. The van der Waals surface area contributed by atoms with Crippen molar-refractivity contribution in [1.82, 2.24) is 0 Å². The Bertz CT molecular complexity index is 225. The first-order valence-corrected chi connectivity index (χ1v) is 3.47. The predicted octanol–water partition coefficient (Wildman–Crippen LogP) is 3.32. The van der Waals surface area contributed by atoms with Crippen LogP contribution in [0.4, 0.5) is 35.1 Å². The summed E-state index contributed by atoms with van der Waals surface area (Å²) in [5.74, 6) is -10.6. The average molecular weight is 228 g/mol. The average Bonchev–Trinajstić information content (AvgIpc) is 1.98. The Kier molecular flexibility index (Phi) is 2.07. The van der Waals surface area contributed by atoms with Gasteiger partial charge < -0.3 is 0 Å². The van der Waals surface area contributed by atoms with Gasteiger partial charge in [-0.1, -0.05) is 0 Å². The van der Waals surface area contributed by atoms with Gasteiger partial charge in [0, 0.05) is 6.42 Å². The largest absolute Gasteiger partial charge is 0.457 e. The molecule has 1 rings (SSSR count). The van der Waals surface area contributed by atoms with Crippen LogP contribution >= 0.6 is 0 Å². The number of hydrogen-bond acceptors (Lipinski definition) is 0. The third-order valence-electron chi connectivity index (χ3n) is 2.22. The molecule has 1 aliphatic carbocycles. The van der Waals surface area contributed by atoms with Gasteiger partial charge in [0.15, 0.2) is 0 Å². The third-order valence-corrected chi connectivity index (χ3v) is 2.22. The van der Waals surface area contributed by atoms with E-state index in [9.17, 15) is 35.1 Å². The molecule has 0 bridgehead atoms. The molecule has 14 heavy (non-hydrogen) atoms. The van der Waals surface area contributed by atoms with Crippen molar-refractivity contribution in [2.24, 2.45) is 0 Å². The van der Waals surface area contributed by atoms with Gasteiger partial charge in [0.1, 0.15) is 0 Å². The Labute approximate surface area is 72.9 Å². The molecule has 0 N–H and O–H groups in total. The van der Waals surface area contributed by atoms with Crippen molar-refractivity contribution in [1.29, 1.82) is 0 Å². The molecular formula is C6H4F8. The number of rotatable bonds is 1. The fourth-order valence-electron chi connectivity index (χ4n) is 1.14. The van der Waals surface area contributed by atoms with Crippen LogP contribution in [0.5, 0.6) is 0 Å². The Morgan fingerprint density at radius 2 is 1.21 bits per heavy atom. The second kappa shape index (κ2) is 2.52. The molecule has 0 amide bonds. The van der Waals surface area contributed by atoms with Crippen LogP contribution in [0, 0.1) is 0 Å². The summed E-state index contributed by atoms with van der Waals surface area (Å²) in [5.41, 5.74) is -4.79. The van der Waals surface area contributed by atoms with Crippen molar-refractivity contribution in [2.75, 3.05) is 0 Å². The molecule has 0 aromatic rings. The lowest BCUT2D eigenvalue weighted by atomic mass is 9.73. The first-order chi connectivity index (χ1) is 5.96. The van der Waals surface area contributed by atoms with Crippen molar-refractivity contribution in [2.45, 2.75) is 36.5 Å². The molecule has 1 fully saturated rings. The summed E-state index contributed by atoms with van der Waals surface area (Å²) in [6, 6.07) is 0. The van der Waals surface area contributed by atoms with E-state index in [0.29, 0.717) is 0 Å². The quantitative estimate of drug-likeness (QED) is 0.604. The molecule has 84 valence electrons. The maximum atomic E-state index is 12.7. The predicted molar refractivity (Wildman–Crippen MR) is 29.0 cm³/mol. The molecule has 0 saturated heterocycles. The van der Waals surface area contributed by atoms with Gasteiger partial charge in [-0.25, -0.2) is 13.2 Å². The highest BCUT2D eigenvalue weighted by Gasteiger charge is 2.83. The van der Waals surface area contributed by atoms with Gasteiger partial charge in [-0.3, -0.25) is 0 Å². The summed E-state index contributed by atoms with van der Waals surface area (Å²) in [6.45, 7) is 0. The van der Waals surface area contributed by atoms with Crippen molar-refractivity contribution in [3.63, 3.8) is 0 Å². The van der Waals surface area contributed by atoms with Gasteiger partial charge in [-0.05, 0) is 6.42 Å². The molecule has 1 aliphatic rings. The van der Waals surface area contributed by atoms with Gasteiger partial charge in [0.2, 0.25) is 5.67 Å². The highest BCUT2D eigenvalue weighted by atomic mass is 19.4. The van der Waals surface area contributed by atoms with Gasteiger partial charge in [0.25, 0.3) is 5.92 Å². The SMILES string of the molecule is FC(F)(F)C(F)(F)C1(F)CCC1(F)F. The Morgan fingerprint density at radius 3 is 1.29 bits per heavy atom. The van der Waals surface area contributed by atoms with Crippen LogP contribution in [0.2, 0.25) is 0 Å². The van der Waals surface area contributed by atoms with E-state index >= 15 is 0 Å². The van der Waals surface area contributed by atoms with Crippen LogP contribution in [0.1, 0.15) is 12.8 Å². The molecular weight excluding hydrogens is 224 g/mol. The van der Waals surface area contributed by atoms with Crippen LogP contribution in [0.3, 0.4) is 0 Å². The van der Waals surface area contributed by atoms with Crippen LogP contribution in [-0.2, 0) is 0 Å². The molecule has 1 saturated carbocycles. The normalized spacial score (nSPS) is 32.6. The Morgan fingerprint density at radius 1 is 0.786 bits per heavy atom. The van der Waals surface area contributed by atoms with E-state index in [4.69, 9.17) is 0 Å². The molecule has 0 nitrogen and oxygen atoms in total. The van der Waals surface area contributed by atoms with Gasteiger partial charge >= 0.3 is 12.1 Å². The van der Waals surface area contributed by atoms with Gasteiger partial charge in [-0.15, -0.1) is 0 Å². The third kappa shape index (κ3) is 1.12. The molecule has 8 heteroatoms. The van der Waals surface area contributed by atoms with Crippen molar-refractivity contribution >= 4 is 0 Å². The zero-order valence-corrected chi connectivity index (χ0v) is 6.44. The molecule has 0 aromatic heterocycles. The molecule has 0 aliphatic heterocycles. The van der Waals surface area contributed by atoms with Gasteiger partial charge in [0.05, 0.1) is 0 Å². The lowest BCUT2D eigenvalue weighted by molar-refractivity contribution is -0.387. The van der Waals surface area contributed by atoms with E-state index in [-0.39, 0.29) is 0 Å².